The Morgan fingerprint density at radius 1 is 1.56 bits per heavy atom. The van der Waals surface area contributed by atoms with Gasteiger partial charge < -0.3 is 15.9 Å². The predicted octanol–water partition coefficient (Wildman–Crippen LogP) is 1.01. The predicted molar refractivity (Wildman–Crippen MR) is 57.2 cm³/mol. The zero-order valence-electron chi connectivity index (χ0n) is 8.63. The first kappa shape index (κ1) is 12.3. The van der Waals surface area contributed by atoms with Gasteiger partial charge in [-0.15, -0.1) is 0 Å². The van der Waals surface area contributed by atoms with Crippen LogP contribution in [0, 0.1) is 11.2 Å². The van der Waals surface area contributed by atoms with Crippen molar-refractivity contribution in [3.63, 3.8) is 0 Å². The zero-order chi connectivity index (χ0) is 12.0. The molecule has 0 bridgehead atoms. The molecule has 1 rings (SSSR count). The van der Waals surface area contributed by atoms with E-state index in [0.717, 1.165) is 0 Å². The summed E-state index contributed by atoms with van der Waals surface area (Å²) >= 11 is 0. The van der Waals surface area contributed by atoms with E-state index in [1.54, 1.807) is 12.1 Å². The van der Waals surface area contributed by atoms with Crippen LogP contribution in [-0.4, -0.2) is 25.3 Å². The number of primary amides is 1. The number of carbonyl (C=O) groups excluding carboxylic acids is 1. The third kappa shape index (κ3) is 3.13. The SMILES string of the molecule is N=[C]COCCc1cccc(C(N)=O)c1F. The van der Waals surface area contributed by atoms with Gasteiger partial charge in [-0.1, -0.05) is 12.1 Å². The molecular weight excluding hydrogens is 211 g/mol. The van der Waals surface area contributed by atoms with Gasteiger partial charge in [-0.3, -0.25) is 4.79 Å². The average molecular weight is 223 g/mol. The summed E-state index contributed by atoms with van der Waals surface area (Å²) in [5.74, 6) is -1.38. The van der Waals surface area contributed by atoms with Crippen molar-refractivity contribution in [3.05, 3.63) is 35.1 Å². The summed E-state index contributed by atoms with van der Waals surface area (Å²) in [5.41, 5.74) is 5.28. The van der Waals surface area contributed by atoms with Crippen molar-refractivity contribution in [2.45, 2.75) is 6.42 Å². The monoisotopic (exact) mass is 223 g/mol. The minimum absolute atomic E-state index is 0.0805. The molecule has 0 atom stereocenters. The highest BCUT2D eigenvalue weighted by Crippen LogP contribution is 2.13. The van der Waals surface area contributed by atoms with E-state index in [2.05, 4.69) is 6.21 Å². The van der Waals surface area contributed by atoms with Gasteiger partial charge in [-0.25, -0.2) is 4.39 Å². The van der Waals surface area contributed by atoms with Crippen molar-refractivity contribution in [2.24, 2.45) is 5.73 Å². The van der Waals surface area contributed by atoms with E-state index >= 15 is 0 Å². The largest absolute Gasteiger partial charge is 0.375 e. The van der Waals surface area contributed by atoms with Gasteiger partial charge in [0.2, 0.25) is 0 Å². The molecule has 1 aromatic rings. The van der Waals surface area contributed by atoms with Crippen molar-refractivity contribution < 1.29 is 13.9 Å². The van der Waals surface area contributed by atoms with E-state index < -0.39 is 11.7 Å². The first-order chi connectivity index (χ1) is 7.66. The first-order valence-corrected chi connectivity index (χ1v) is 4.71. The fourth-order valence-corrected chi connectivity index (χ4v) is 1.27. The number of halogens is 1. The number of hydrogen-bond donors (Lipinski definition) is 2. The molecule has 0 heterocycles. The summed E-state index contributed by atoms with van der Waals surface area (Å²) in [5, 5.41) is 6.61. The second-order valence-electron chi connectivity index (χ2n) is 3.12. The Labute approximate surface area is 92.7 Å². The molecule has 16 heavy (non-hydrogen) atoms. The van der Waals surface area contributed by atoms with E-state index in [4.69, 9.17) is 15.9 Å². The fourth-order valence-electron chi connectivity index (χ4n) is 1.27. The van der Waals surface area contributed by atoms with Crippen molar-refractivity contribution in [2.75, 3.05) is 13.2 Å². The van der Waals surface area contributed by atoms with Crippen molar-refractivity contribution in [3.8, 4) is 0 Å². The van der Waals surface area contributed by atoms with Gasteiger partial charge in [-0.2, -0.15) is 0 Å². The van der Waals surface area contributed by atoms with Crippen LogP contribution >= 0.6 is 0 Å². The molecule has 0 aliphatic rings. The minimum Gasteiger partial charge on any atom is -0.375 e. The Kier molecular flexibility index (Phi) is 4.60. The van der Waals surface area contributed by atoms with Gasteiger partial charge in [0.25, 0.3) is 5.91 Å². The van der Waals surface area contributed by atoms with Crippen LogP contribution in [0.5, 0.6) is 0 Å². The average Bonchev–Trinajstić information content (AvgIpc) is 2.26. The molecule has 1 aromatic carbocycles. The Hall–Kier alpha value is -1.75. The molecule has 85 valence electrons. The highest BCUT2D eigenvalue weighted by atomic mass is 19.1. The second-order valence-corrected chi connectivity index (χ2v) is 3.12. The lowest BCUT2D eigenvalue weighted by atomic mass is 10.1. The number of benzene rings is 1. The number of amides is 1. The molecule has 0 saturated heterocycles. The van der Waals surface area contributed by atoms with Gasteiger partial charge in [0, 0.05) is 0 Å². The third-order valence-corrected chi connectivity index (χ3v) is 2.03. The molecule has 0 aliphatic carbocycles. The minimum atomic E-state index is -0.784. The van der Waals surface area contributed by atoms with Crippen LogP contribution in [0.4, 0.5) is 4.39 Å². The molecule has 0 aromatic heterocycles. The Balaban J connectivity index is 2.69. The third-order valence-electron chi connectivity index (χ3n) is 2.03. The van der Waals surface area contributed by atoms with Crippen molar-refractivity contribution >= 4 is 12.1 Å². The van der Waals surface area contributed by atoms with Crippen LogP contribution in [0.3, 0.4) is 0 Å². The van der Waals surface area contributed by atoms with Crippen LogP contribution < -0.4 is 5.73 Å². The molecule has 0 aliphatic heterocycles. The molecule has 1 radical (unpaired) electrons. The summed E-state index contributed by atoms with van der Waals surface area (Å²) < 4.78 is 18.6. The number of ether oxygens (including phenoxy) is 1. The second kappa shape index (κ2) is 5.97. The molecule has 1 amide bonds. The Bertz CT molecular complexity index is 394. The lowest BCUT2D eigenvalue weighted by molar-refractivity contribution is 0.0996. The number of rotatable bonds is 6. The Morgan fingerprint density at radius 2 is 2.31 bits per heavy atom. The maximum atomic E-state index is 13.6. The number of nitrogens with one attached hydrogen (secondary N) is 1. The lowest BCUT2D eigenvalue weighted by Gasteiger charge is -2.05. The molecule has 0 spiro atoms. The van der Waals surface area contributed by atoms with Gasteiger partial charge in [-0.05, 0) is 18.1 Å². The maximum absolute atomic E-state index is 13.6. The summed E-state index contributed by atoms with van der Waals surface area (Å²) in [4.78, 5) is 10.9. The number of nitrogens with two attached hydrogens (primary N) is 1. The number of carbonyl (C=O) groups is 1. The number of hydrogen-bond acceptors (Lipinski definition) is 3. The van der Waals surface area contributed by atoms with E-state index in [0.29, 0.717) is 12.0 Å². The maximum Gasteiger partial charge on any atom is 0.251 e. The van der Waals surface area contributed by atoms with Crippen LogP contribution in [-0.2, 0) is 11.2 Å². The van der Waals surface area contributed by atoms with Crippen LogP contribution in [0.15, 0.2) is 18.2 Å². The van der Waals surface area contributed by atoms with Gasteiger partial charge >= 0.3 is 0 Å². The zero-order valence-corrected chi connectivity index (χ0v) is 8.63. The standard InChI is InChI=1S/C11H12FN2O2/c12-10-8(4-6-16-7-5-13)2-1-3-9(10)11(14)15/h1-3,13H,4,6-7H2,(H2,14,15). The molecule has 0 fully saturated rings. The summed E-state index contributed by atoms with van der Waals surface area (Å²) in [6, 6.07) is 4.48. The van der Waals surface area contributed by atoms with Crippen molar-refractivity contribution in [1.29, 1.82) is 5.41 Å². The van der Waals surface area contributed by atoms with E-state index in [-0.39, 0.29) is 18.8 Å². The molecule has 0 unspecified atom stereocenters. The first-order valence-electron chi connectivity index (χ1n) is 4.71. The van der Waals surface area contributed by atoms with E-state index in [1.807, 2.05) is 0 Å². The van der Waals surface area contributed by atoms with Gasteiger partial charge in [0.15, 0.2) is 0 Å². The van der Waals surface area contributed by atoms with Crippen LogP contribution in [0.25, 0.3) is 0 Å². The molecule has 5 heteroatoms. The van der Waals surface area contributed by atoms with Gasteiger partial charge in [0.1, 0.15) is 5.82 Å². The summed E-state index contributed by atoms with van der Waals surface area (Å²) in [7, 11) is 0. The van der Waals surface area contributed by atoms with Crippen LogP contribution in [0.2, 0.25) is 0 Å². The quantitative estimate of drug-likeness (QED) is 0.557. The van der Waals surface area contributed by atoms with Gasteiger partial charge in [0.05, 0.1) is 25.0 Å². The summed E-state index contributed by atoms with van der Waals surface area (Å²) in [6.07, 6.45) is 2.39. The van der Waals surface area contributed by atoms with E-state index in [9.17, 15) is 9.18 Å². The highest BCUT2D eigenvalue weighted by molar-refractivity contribution is 5.93. The Morgan fingerprint density at radius 3 is 2.94 bits per heavy atom. The van der Waals surface area contributed by atoms with E-state index in [1.165, 1.54) is 6.07 Å². The molecular formula is C11H12FN2O2. The van der Waals surface area contributed by atoms with Crippen molar-refractivity contribution in [1.82, 2.24) is 0 Å². The topological polar surface area (TPSA) is 76.2 Å². The molecule has 3 N–H and O–H groups in total. The van der Waals surface area contributed by atoms with Crippen LogP contribution in [0.1, 0.15) is 15.9 Å². The fraction of sp³-hybridized carbons (Fsp3) is 0.273. The molecule has 4 nitrogen and oxygen atoms in total. The molecule has 0 saturated carbocycles. The highest BCUT2D eigenvalue weighted by Gasteiger charge is 2.11. The normalized spacial score (nSPS) is 10.1. The smallest absolute Gasteiger partial charge is 0.251 e. The summed E-state index contributed by atoms with van der Waals surface area (Å²) in [6.45, 7) is 0.349. The lowest BCUT2D eigenvalue weighted by Crippen LogP contribution is -2.14.